The second-order valence-corrected chi connectivity index (χ2v) is 9.09. The topological polar surface area (TPSA) is 59.8 Å². The van der Waals surface area contributed by atoms with E-state index in [0.29, 0.717) is 33.9 Å². The lowest BCUT2D eigenvalue weighted by atomic mass is 10.2. The minimum Gasteiger partial charge on any atom is -0.310 e. The standard InChI is InChI=1S/C20H16Cl2N4OS2/c21-14-5-3-4-13(20(14)22)10-26-17(8-9-23-26)25-18(27)11-28-12-19-24-15-6-1-2-7-16(15)29-19/h1-9H,10-12H2,(H,25,27). The van der Waals surface area contributed by atoms with Crippen LogP contribution in [-0.4, -0.2) is 26.4 Å². The summed E-state index contributed by atoms with van der Waals surface area (Å²) in [5.74, 6) is 1.56. The third-order valence-electron chi connectivity index (χ3n) is 4.13. The van der Waals surface area contributed by atoms with Gasteiger partial charge in [-0.2, -0.15) is 5.10 Å². The van der Waals surface area contributed by atoms with Crippen LogP contribution >= 0.6 is 46.3 Å². The molecular formula is C20H16Cl2N4OS2. The van der Waals surface area contributed by atoms with Gasteiger partial charge in [-0.05, 0) is 23.8 Å². The van der Waals surface area contributed by atoms with Crippen molar-refractivity contribution in [1.29, 1.82) is 0 Å². The van der Waals surface area contributed by atoms with Crippen LogP contribution in [0.2, 0.25) is 10.0 Å². The molecule has 0 radical (unpaired) electrons. The van der Waals surface area contributed by atoms with Crippen molar-refractivity contribution in [2.75, 3.05) is 11.1 Å². The fraction of sp³-hybridized carbons (Fsp3) is 0.150. The number of para-hydroxylation sites is 1. The number of fused-ring (bicyclic) bond motifs is 1. The first-order valence-corrected chi connectivity index (χ1v) is 11.5. The molecule has 0 bridgehead atoms. The largest absolute Gasteiger partial charge is 0.310 e. The first kappa shape index (κ1) is 20.2. The van der Waals surface area contributed by atoms with Crippen molar-refractivity contribution in [3.8, 4) is 0 Å². The van der Waals surface area contributed by atoms with Gasteiger partial charge in [-0.1, -0.05) is 47.5 Å². The number of carbonyl (C=O) groups is 1. The molecule has 0 unspecified atom stereocenters. The number of rotatable bonds is 7. The third kappa shape index (κ3) is 4.93. The van der Waals surface area contributed by atoms with Gasteiger partial charge < -0.3 is 5.32 Å². The van der Waals surface area contributed by atoms with Crippen LogP contribution in [0.25, 0.3) is 10.2 Å². The zero-order valence-corrected chi connectivity index (χ0v) is 18.3. The Kier molecular flexibility index (Phi) is 6.40. The van der Waals surface area contributed by atoms with Crippen molar-refractivity contribution >= 4 is 68.2 Å². The van der Waals surface area contributed by atoms with Gasteiger partial charge in [-0.15, -0.1) is 23.1 Å². The summed E-state index contributed by atoms with van der Waals surface area (Å²) in [7, 11) is 0. The zero-order chi connectivity index (χ0) is 20.2. The van der Waals surface area contributed by atoms with Gasteiger partial charge >= 0.3 is 0 Å². The van der Waals surface area contributed by atoms with Crippen molar-refractivity contribution in [3.63, 3.8) is 0 Å². The van der Waals surface area contributed by atoms with Crippen LogP contribution in [0.3, 0.4) is 0 Å². The maximum atomic E-state index is 12.4. The van der Waals surface area contributed by atoms with Crippen molar-refractivity contribution in [2.45, 2.75) is 12.3 Å². The van der Waals surface area contributed by atoms with Gasteiger partial charge in [0.2, 0.25) is 5.91 Å². The SMILES string of the molecule is O=C(CSCc1nc2ccccc2s1)Nc1ccnn1Cc1cccc(Cl)c1Cl. The Morgan fingerprint density at radius 1 is 1.14 bits per heavy atom. The minimum absolute atomic E-state index is 0.0879. The van der Waals surface area contributed by atoms with Crippen LogP contribution in [0, 0.1) is 0 Å². The number of aromatic nitrogens is 3. The van der Waals surface area contributed by atoms with Crippen LogP contribution in [0.4, 0.5) is 5.82 Å². The molecule has 2 aromatic carbocycles. The minimum atomic E-state index is -0.0879. The summed E-state index contributed by atoms with van der Waals surface area (Å²) in [6, 6.07) is 15.3. The maximum absolute atomic E-state index is 12.4. The summed E-state index contributed by atoms with van der Waals surface area (Å²) in [5.41, 5.74) is 1.84. The molecule has 0 aliphatic heterocycles. The van der Waals surface area contributed by atoms with Gasteiger partial charge in [0.05, 0.1) is 38.8 Å². The number of hydrogen-bond acceptors (Lipinski definition) is 5. The summed E-state index contributed by atoms with van der Waals surface area (Å²) >= 11 is 15.5. The Labute approximate surface area is 186 Å². The smallest absolute Gasteiger partial charge is 0.235 e. The number of halogens is 2. The second kappa shape index (κ2) is 9.17. The molecule has 2 heterocycles. The molecule has 1 amide bonds. The molecule has 0 spiro atoms. The number of thiazole rings is 1. The molecule has 2 aromatic heterocycles. The van der Waals surface area contributed by atoms with E-state index in [4.69, 9.17) is 23.2 Å². The lowest BCUT2D eigenvalue weighted by Crippen LogP contribution is -2.18. The summed E-state index contributed by atoms with van der Waals surface area (Å²) in [6.45, 7) is 0.418. The molecule has 0 atom stereocenters. The Balaban J connectivity index is 1.33. The second-order valence-electron chi connectivity index (χ2n) is 6.20. The number of carbonyl (C=O) groups excluding carboxylic acids is 1. The van der Waals surface area contributed by atoms with Gasteiger partial charge in [0.25, 0.3) is 0 Å². The molecule has 148 valence electrons. The Morgan fingerprint density at radius 3 is 2.86 bits per heavy atom. The van der Waals surface area contributed by atoms with Crippen LogP contribution in [0.15, 0.2) is 54.7 Å². The van der Waals surface area contributed by atoms with E-state index in [0.717, 1.165) is 20.8 Å². The quantitative estimate of drug-likeness (QED) is 0.381. The molecular weight excluding hydrogens is 447 g/mol. The molecule has 0 saturated heterocycles. The van der Waals surface area contributed by atoms with E-state index in [1.54, 1.807) is 34.3 Å². The number of nitrogens with zero attached hydrogens (tertiary/aromatic N) is 3. The van der Waals surface area contributed by atoms with Gasteiger partial charge in [0, 0.05) is 11.8 Å². The van der Waals surface area contributed by atoms with Gasteiger partial charge in [0.1, 0.15) is 10.8 Å². The van der Waals surface area contributed by atoms with Crippen molar-refractivity contribution in [3.05, 3.63) is 75.3 Å². The van der Waals surface area contributed by atoms with E-state index >= 15 is 0 Å². The number of amides is 1. The van der Waals surface area contributed by atoms with Crippen molar-refractivity contribution in [1.82, 2.24) is 14.8 Å². The molecule has 0 fully saturated rings. The highest BCUT2D eigenvalue weighted by Gasteiger charge is 2.11. The number of thioether (sulfide) groups is 1. The Hall–Kier alpha value is -2.06. The van der Waals surface area contributed by atoms with E-state index < -0.39 is 0 Å². The Morgan fingerprint density at radius 2 is 2.00 bits per heavy atom. The first-order chi connectivity index (χ1) is 14.1. The number of anilines is 1. The third-order valence-corrected chi connectivity index (χ3v) is 7.15. The van der Waals surface area contributed by atoms with Crippen LogP contribution in [0.5, 0.6) is 0 Å². The predicted molar refractivity (Wildman–Crippen MR) is 122 cm³/mol. The highest BCUT2D eigenvalue weighted by molar-refractivity contribution is 7.99. The summed E-state index contributed by atoms with van der Waals surface area (Å²) in [5, 5.41) is 9.18. The molecule has 9 heteroatoms. The fourth-order valence-electron chi connectivity index (χ4n) is 2.79. The number of benzene rings is 2. The summed E-state index contributed by atoms with van der Waals surface area (Å²) in [4.78, 5) is 17.0. The molecule has 5 nitrogen and oxygen atoms in total. The lowest BCUT2D eigenvalue weighted by Gasteiger charge is -2.10. The zero-order valence-electron chi connectivity index (χ0n) is 15.1. The number of hydrogen-bond donors (Lipinski definition) is 1. The molecule has 0 aliphatic rings. The van der Waals surface area contributed by atoms with Crippen molar-refractivity contribution in [2.24, 2.45) is 0 Å². The maximum Gasteiger partial charge on any atom is 0.235 e. The van der Waals surface area contributed by atoms with E-state index in [1.165, 1.54) is 11.8 Å². The fourth-order valence-corrected chi connectivity index (χ4v) is 5.02. The normalized spacial score (nSPS) is 11.1. The van der Waals surface area contributed by atoms with E-state index in [2.05, 4.69) is 21.5 Å². The van der Waals surface area contributed by atoms with Crippen LogP contribution < -0.4 is 5.32 Å². The Bertz CT molecular complexity index is 1130. The average molecular weight is 463 g/mol. The summed E-state index contributed by atoms with van der Waals surface area (Å²) in [6.07, 6.45) is 1.64. The molecule has 4 aromatic rings. The molecule has 29 heavy (non-hydrogen) atoms. The van der Waals surface area contributed by atoms with Gasteiger partial charge in [-0.25, -0.2) is 9.67 Å². The van der Waals surface area contributed by atoms with Crippen LogP contribution in [0.1, 0.15) is 10.6 Å². The van der Waals surface area contributed by atoms with Gasteiger partial charge in [-0.3, -0.25) is 4.79 Å². The first-order valence-electron chi connectivity index (χ1n) is 8.77. The molecule has 1 N–H and O–H groups in total. The molecule has 0 saturated carbocycles. The van der Waals surface area contributed by atoms with Gasteiger partial charge in [0.15, 0.2) is 0 Å². The van der Waals surface area contributed by atoms with E-state index in [9.17, 15) is 4.79 Å². The summed E-state index contributed by atoms with van der Waals surface area (Å²) < 4.78 is 2.85. The van der Waals surface area contributed by atoms with E-state index in [1.807, 2.05) is 30.3 Å². The predicted octanol–water partition coefficient (Wildman–Crippen LogP) is 5.72. The monoisotopic (exact) mass is 462 g/mol. The molecule has 4 rings (SSSR count). The van der Waals surface area contributed by atoms with Crippen molar-refractivity contribution < 1.29 is 4.79 Å². The average Bonchev–Trinajstić information content (AvgIpc) is 3.31. The van der Waals surface area contributed by atoms with E-state index in [-0.39, 0.29) is 5.91 Å². The highest BCUT2D eigenvalue weighted by atomic mass is 35.5. The highest BCUT2D eigenvalue weighted by Crippen LogP contribution is 2.27. The lowest BCUT2D eigenvalue weighted by molar-refractivity contribution is -0.113. The van der Waals surface area contributed by atoms with Crippen LogP contribution in [-0.2, 0) is 17.1 Å². The molecule has 0 aliphatic carbocycles. The number of nitrogens with one attached hydrogen (secondary N) is 1.